The molecule has 0 aliphatic carbocycles. The van der Waals surface area contributed by atoms with Gasteiger partial charge >= 0.3 is 6.03 Å². The van der Waals surface area contributed by atoms with Gasteiger partial charge in [0, 0.05) is 45.5 Å². The maximum absolute atomic E-state index is 12.6. The molecule has 12 heteroatoms. The molecule has 2 fully saturated rings. The summed E-state index contributed by atoms with van der Waals surface area (Å²) >= 11 is 0. The van der Waals surface area contributed by atoms with Crippen LogP contribution < -0.4 is 0 Å². The average Bonchev–Trinajstić information content (AvgIpc) is 3.22. The van der Waals surface area contributed by atoms with Crippen molar-refractivity contribution >= 4 is 15.9 Å². The molecule has 11 nitrogen and oxygen atoms in total. The zero-order chi connectivity index (χ0) is 21.1. The van der Waals surface area contributed by atoms with Gasteiger partial charge in [-0.05, 0) is 34.7 Å². The van der Waals surface area contributed by atoms with Crippen molar-refractivity contribution in [2.75, 3.05) is 58.7 Å². The molecular formula is C18H25N7O4S. The second-order valence-corrected chi connectivity index (χ2v) is 9.43. The van der Waals surface area contributed by atoms with Crippen molar-refractivity contribution in [1.82, 2.24) is 34.9 Å². The molecule has 0 N–H and O–H groups in total. The summed E-state index contributed by atoms with van der Waals surface area (Å²) in [6.45, 7) is 5.80. The lowest BCUT2D eigenvalue weighted by Gasteiger charge is -2.38. The molecule has 0 radical (unpaired) electrons. The molecule has 2 saturated heterocycles. The maximum Gasteiger partial charge on any atom is 0.320 e. The van der Waals surface area contributed by atoms with E-state index in [0.717, 1.165) is 13.1 Å². The summed E-state index contributed by atoms with van der Waals surface area (Å²) in [7, 11) is -3.25. The first-order valence-electron chi connectivity index (χ1n) is 9.83. The molecular weight excluding hydrogens is 410 g/mol. The van der Waals surface area contributed by atoms with Crippen LogP contribution >= 0.6 is 0 Å². The second kappa shape index (κ2) is 8.66. The number of benzene rings is 1. The number of morpholine rings is 1. The van der Waals surface area contributed by atoms with E-state index in [9.17, 15) is 13.2 Å². The van der Waals surface area contributed by atoms with E-state index >= 15 is 0 Å². The second-order valence-electron chi connectivity index (χ2n) is 7.42. The van der Waals surface area contributed by atoms with Crippen LogP contribution in [0.2, 0.25) is 0 Å². The monoisotopic (exact) mass is 435 g/mol. The highest BCUT2D eigenvalue weighted by molar-refractivity contribution is 7.90. The normalized spacial score (nSPS) is 18.6. The highest BCUT2D eigenvalue weighted by Gasteiger charge is 2.27. The van der Waals surface area contributed by atoms with Crippen molar-refractivity contribution in [2.24, 2.45) is 0 Å². The quantitative estimate of drug-likeness (QED) is 0.640. The van der Waals surface area contributed by atoms with E-state index in [0.29, 0.717) is 57.4 Å². The lowest BCUT2D eigenvalue weighted by Crippen LogP contribution is -2.54. The molecule has 2 aliphatic heterocycles. The van der Waals surface area contributed by atoms with Crippen LogP contribution in [-0.2, 0) is 21.1 Å². The summed E-state index contributed by atoms with van der Waals surface area (Å²) < 4.78 is 30.2. The fourth-order valence-electron chi connectivity index (χ4n) is 3.59. The first kappa shape index (κ1) is 20.7. The lowest BCUT2D eigenvalue weighted by molar-refractivity contribution is 0.0371. The first-order chi connectivity index (χ1) is 14.4. The molecule has 162 valence electrons. The molecule has 0 atom stereocenters. The third kappa shape index (κ3) is 4.60. The number of hydrogen-bond donors (Lipinski definition) is 0. The van der Waals surface area contributed by atoms with Gasteiger partial charge in [0.05, 0.1) is 30.3 Å². The number of amides is 2. The Kier molecular flexibility index (Phi) is 5.97. The zero-order valence-electron chi connectivity index (χ0n) is 16.8. The van der Waals surface area contributed by atoms with Crippen LogP contribution in [0.3, 0.4) is 0 Å². The van der Waals surface area contributed by atoms with Gasteiger partial charge in [0.2, 0.25) is 0 Å². The van der Waals surface area contributed by atoms with Crippen LogP contribution in [0.4, 0.5) is 4.79 Å². The average molecular weight is 436 g/mol. The van der Waals surface area contributed by atoms with E-state index in [1.54, 1.807) is 28.9 Å². The van der Waals surface area contributed by atoms with Gasteiger partial charge in [-0.15, -0.1) is 5.10 Å². The number of sulfone groups is 1. The largest absolute Gasteiger partial charge is 0.378 e. The summed E-state index contributed by atoms with van der Waals surface area (Å²) in [5.74, 6) is 0.662. The Labute approximate surface area is 175 Å². The summed E-state index contributed by atoms with van der Waals surface area (Å²) in [5, 5.41) is 11.9. The van der Waals surface area contributed by atoms with Crippen LogP contribution in [0.5, 0.6) is 0 Å². The predicted molar refractivity (Wildman–Crippen MR) is 107 cm³/mol. The molecule has 2 aromatic rings. The smallest absolute Gasteiger partial charge is 0.320 e. The van der Waals surface area contributed by atoms with Crippen LogP contribution in [0.25, 0.3) is 5.69 Å². The van der Waals surface area contributed by atoms with Crippen molar-refractivity contribution < 1.29 is 17.9 Å². The van der Waals surface area contributed by atoms with E-state index < -0.39 is 9.84 Å². The summed E-state index contributed by atoms with van der Waals surface area (Å²) in [5.41, 5.74) is 0.698. The Morgan fingerprint density at radius 3 is 2.27 bits per heavy atom. The van der Waals surface area contributed by atoms with E-state index in [1.807, 2.05) is 9.80 Å². The summed E-state index contributed by atoms with van der Waals surface area (Å²) in [6.07, 6.45) is 1.17. The van der Waals surface area contributed by atoms with Gasteiger partial charge in [-0.2, -0.15) is 4.68 Å². The van der Waals surface area contributed by atoms with E-state index in [1.165, 1.54) is 6.26 Å². The lowest BCUT2D eigenvalue weighted by atomic mass is 10.3. The van der Waals surface area contributed by atoms with Gasteiger partial charge in [-0.3, -0.25) is 4.90 Å². The number of aromatic nitrogens is 4. The van der Waals surface area contributed by atoms with Crippen molar-refractivity contribution in [3.8, 4) is 5.69 Å². The van der Waals surface area contributed by atoms with Gasteiger partial charge in [0.15, 0.2) is 15.7 Å². The third-order valence-corrected chi connectivity index (χ3v) is 6.46. The molecule has 30 heavy (non-hydrogen) atoms. The Bertz CT molecular complexity index is 978. The number of carbonyl (C=O) groups is 1. The van der Waals surface area contributed by atoms with Gasteiger partial charge < -0.3 is 14.5 Å². The SMILES string of the molecule is CS(=O)(=O)c1ccc(-n2nnnc2CN2CCN(C(=O)N3CCOCC3)CC2)cc1. The topological polar surface area (TPSA) is 114 Å². The first-order valence-corrected chi connectivity index (χ1v) is 11.7. The van der Waals surface area contributed by atoms with Crippen molar-refractivity contribution in [2.45, 2.75) is 11.4 Å². The number of ether oxygens (including phenoxy) is 1. The minimum atomic E-state index is -3.25. The fourth-order valence-corrected chi connectivity index (χ4v) is 4.22. The minimum absolute atomic E-state index is 0.0775. The number of piperazine rings is 1. The molecule has 0 saturated carbocycles. The number of hydrogen-bond acceptors (Lipinski definition) is 8. The number of tetrazole rings is 1. The number of rotatable bonds is 4. The predicted octanol–water partition coefficient (Wildman–Crippen LogP) is -0.364. The number of carbonyl (C=O) groups excluding carboxylic acids is 1. The highest BCUT2D eigenvalue weighted by atomic mass is 32.2. The Morgan fingerprint density at radius 2 is 1.63 bits per heavy atom. The molecule has 0 spiro atoms. The molecule has 0 unspecified atom stereocenters. The van der Waals surface area contributed by atoms with Gasteiger partial charge in [-0.25, -0.2) is 13.2 Å². The zero-order valence-corrected chi connectivity index (χ0v) is 17.7. The Hall–Kier alpha value is -2.57. The van der Waals surface area contributed by atoms with Crippen molar-refractivity contribution in [3.05, 3.63) is 30.1 Å². The third-order valence-electron chi connectivity index (χ3n) is 5.33. The van der Waals surface area contributed by atoms with Crippen LogP contribution in [0.1, 0.15) is 5.82 Å². The van der Waals surface area contributed by atoms with Gasteiger partial charge in [-0.1, -0.05) is 0 Å². The van der Waals surface area contributed by atoms with Gasteiger partial charge in [0.1, 0.15) is 0 Å². The van der Waals surface area contributed by atoms with E-state index in [4.69, 9.17) is 4.74 Å². The standard InChI is InChI=1S/C18H25N7O4S/c1-30(27,28)16-4-2-15(3-5-16)25-17(19-20-21-25)14-22-6-8-23(9-7-22)18(26)24-10-12-29-13-11-24/h2-5H,6-14H2,1H3. The van der Waals surface area contributed by atoms with E-state index in [-0.39, 0.29) is 10.9 Å². The number of nitrogens with zero attached hydrogens (tertiary/aromatic N) is 7. The molecule has 2 aliphatic rings. The molecule has 2 amide bonds. The molecule has 0 bridgehead atoms. The van der Waals surface area contributed by atoms with E-state index in [2.05, 4.69) is 20.4 Å². The Balaban J connectivity index is 1.36. The van der Waals surface area contributed by atoms with Crippen LogP contribution in [0, 0.1) is 0 Å². The molecule has 1 aromatic carbocycles. The summed E-state index contributed by atoms with van der Waals surface area (Å²) in [6, 6.07) is 6.55. The van der Waals surface area contributed by atoms with Crippen molar-refractivity contribution in [3.63, 3.8) is 0 Å². The minimum Gasteiger partial charge on any atom is -0.378 e. The highest BCUT2D eigenvalue weighted by Crippen LogP contribution is 2.15. The Morgan fingerprint density at radius 1 is 1.00 bits per heavy atom. The fraction of sp³-hybridized carbons (Fsp3) is 0.556. The molecule has 3 heterocycles. The number of urea groups is 1. The van der Waals surface area contributed by atoms with Crippen LogP contribution in [0.15, 0.2) is 29.2 Å². The molecule has 4 rings (SSSR count). The maximum atomic E-state index is 12.6. The van der Waals surface area contributed by atoms with Crippen LogP contribution in [-0.4, -0.2) is 108 Å². The van der Waals surface area contributed by atoms with Crippen molar-refractivity contribution in [1.29, 1.82) is 0 Å². The molecule has 1 aromatic heterocycles. The van der Waals surface area contributed by atoms with Gasteiger partial charge in [0.25, 0.3) is 0 Å². The summed E-state index contributed by atoms with van der Waals surface area (Å²) in [4.78, 5) is 18.8.